The number of aliphatic hydroxyl groups excluding tert-OH is 1. The molecule has 1 heterocycles. The Morgan fingerprint density at radius 1 is 1.22 bits per heavy atom. The standard InChI is InChI=1S/C16H23N5O.HI/c1-2-17-16(18-9-11-22)19-12-14-6-3-4-7-15(14)13-21-10-5-8-20-21;/h3-8,10,22H,2,9,11-13H2,1H3,(H2,17,18,19);1H. The van der Waals surface area contributed by atoms with Crippen LogP contribution in [0.25, 0.3) is 0 Å². The van der Waals surface area contributed by atoms with Crippen LogP contribution in [0.3, 0.4) is 0 Å². The number of aromatic nitrogens is 2. The molecule has 3 N–H and O–H groups in total. The molecular weight excluding hydrogens is 405 g/mol. The van der Waals surface area contributed by atoms with E-state index >= 15 is 0 Å². The van der Waals surface area contributed by atoms with Crippen molar-refractivity contribution in [2.45, 2.75) is 20.0 Å². The van der Waals surface area contributed by atoms with Crippen LogP contribution in [-0.2, 0) is 13.1 Å². The predicted molar refractivity (Wildman–Crippen MR) is 103 cm³/mol. The molecule has 7 heteroatoms. The topological polar surface area (TPSA) is 74.5 Å². The third-order valence-electron chi connectivity index (χ3n) is 3.17. The van der Waals surface area contributed by atoms with E-state index in [-0.39, 0.29) is 30.6 Å². The van der Waals surface area contributed by atoms with Crippen LogP contribution in [0.2, 0.25) is 0 Å². The second-order valence-corrected chi connectivity index (χ2v) is 4.82. The van der Waals surface area contributed by atoms with Crippen molar-refractivity contribution in [3.8, 4) is 0 Å². The highest BCUT2D eigenvalue weighted by atomic mass is 127. The molecule has 1 aromatic heterocycles. The average molecular weight is 429 g/mol. The number of nitrogens with one attached hydrogen (secondary N) is 2. The number of hydrogen-bond acceptors (Lipinski definition) is 3. The molecule has 1 aromatic carbocycles. The van der Waals surface area contributed by atoms with E-state index in [1.807, 2.05) is 36.0 Å². The fraction of sp³-hybridized carbons (Fsp3) is 0.375. The largest absolute Gasteiger partial charge is 0.395 e. The van der Waals surface area contributed by atoms with Crippen LogP contribution < -0.4 is 10.6 Å². The van der Waals surface area contributed by atoms with Crippen LogP contribution in [-0.4, -0.2) is 40.5 Å². The summed E-state index contributed by atoms with van der Waals surface area (Å²) in [6.45, 7) is 4.69. The Balaban J connectivity index is 0.00000264. The van der Waals surface area contributed by atoms with Gasteiger partial charge >= 0.3 is 0 Å². The molecule has 23 heavy (non-hydrogen) atoms. The molecule has 0 aliphatic carbocycles. The second kappa shape index (κ2) is 11.0. The Kier molecular flexibility index (Phi) is 9.30. The molecule has 2 rings (SSSR count). The minimum absolute atomic E-state index is 0. The van der Waals surface area contributed by atoms with Crippen molar-refractivity contribution in [3.63, 3.8) is 0 Å². The fourth-order valence-corrected chi connectivity index (χ4v) is 2.11. The number of rotatable bonds is 7. The van der Waals surface area contributed by atoms with Gasteiger partial charge in [-0.1, -0.05) is 24.3 Å². The summed E-state index contributed by atoms with van der Waals surface area (Å²) in [5.41, 5.74) is 2.37. The van der Waals surface area contributed by atoms with Crippen LogP contribution in [0, 0.1) is 0 Å². The van der Waals surface area contributed by atoms with Crippen molar-refractivity contribution in [1.29, 1.82) is 0 Å². The quantitative estimate of drug-likeness (QED) is 0.355. The second-order valence-electron chi connectivity index (χ2n) is 4.82. The first-order valence-corrected chi connectivity index (χ1v) is 7.50. The van der Waals surface area contributed by atoms with Crippen molar-refractivity contribution >= 4 is 29.9 Å². The van der Waals surface area contributed by atoms with Crippen LogP contribution in [0.15, 0.2) is 47.7 Å². The Bertz CT molecular complexity index is 586. The summed E-state index contributed by atoms with van der Waals surface area (Å²) in [7, 11) is 0. The van der Waals surface area contributed by atoms with Crippen molar-refractivity contribution < 1.29 is 5.11 Å². The highest BCUT2D eigenvalue weighted by Crippen LogP contribution is 2.11. The number of benzene rings is 1. The van der Waals surface area contributed by atoms with E-state index in [1.165, 1.54) is 11.1 Å². The van der Waals surface area contributed by atoms with Gasteiger partial charge < -0.3 is 15.7 Å². The Morgan fingerprint density at radius 3 is 2.65 bits per heavy atom. The molecule has 0 saturated heterocycles. The number of guanidine groups is 1. The zero-order chi connectivity index (χ0) is 15.6. The smallest absolute Gasteiger partial charge is 0.191 e. The highest BCUT2D eigenvalue weighted by Gasteiger charge is 2.03. The molecule has 2 aromatic rings. The summed E-state index contributed by atoms with van der Waals surface area (Å²) < 4.78 is 1.90. The first-order valence-electron chi connectivity index (χ1n) is 7.50. The molecule has 0 saturated carbocycles. The molecular formula is C16H24IN5O. The maximum absolute atomic E-state index is 8.90. The lowest BCUT2D eigenvalue weighted by Gasteiger charge is -2.11. The lowest BCUT2D eigenvalue weighted by molar-refractivity contribution is 0.300. The number of aliphatic imine (C=N–C) groups is 1. The minimum Gasteiger partial charge on any atom is -0.395 e. The number of halogens is 1. The van der Waals surface area contributed by atoms with Crippen LogP contribution in [0.1, 0.15) is 18.1 Å². The predicted octanol–water partition coefficient (Wildman–Crippen LogP) is 1.60. The molecule has 0 unspecified atom stereocenters. The zero-order valence-corrected chi connectivity index (χ0v) is 15.6. The maximum atomic E-state index is 8.90. The molecule has 0 atom stereocenters. The summed E-state index contributed by atoms with van der Waals surface area (Å²) in [4.78, 5) is 4.56. The van der Waals surface area contributed by atoms with E-state index in [1.54, 1.807) is 6.20 Å². The first-order chi connectivity index (χ1) is 10.8. The number of aliphatic hydroxyl groups is 1. The summed E-state index contributed by atoms with van der Waals surface area (Å²) in [6.07, 6.45) is 3.73. The van der Waals surface area contributed by atoms with E-state index in [0.717, 1.165) is 13.1 Å². The van der Waals surface area contributed by atoms with Crippen molar-refractivity contribution in [3.05, 3.63) is 53.9 Å². The average Bonchev–Trinajstić information content (AvgIpc) is 3.04. The molecule has 0 bridgehead atoms. The van der Waals surface area contributed by atoms with Gasteiger partial charge in [0.25, 0.3) is 0 Å². The van der Waals surface area contributed by atoms with Crippen LogP contribution in [0.5, 0.6) is 0 Å². The van der Waals surface area contributed by atoms with Crippen molar-refractivity contribution in [2.24, 2.45) is 4.99 Å². The summed E-state index contributed by atoms with van der Waals surface area (Å²) in [6, 6.07) is 10.1. The highest BCUT2D eigenvalue weighted by molar-refractivity contribution is 14.0. The molecule has 0 aliphatic heterocycles. The van der Waals surface area contributed by atoms with Gasteiger partial charge in [-0.2, -0.15) is 5.10 Å². The Hall–Kier alpha value is -1.61. The van der Waals surface area contributed by atoms with Gasteiger partial charge in [-0.3, -0.25) is 4.68 Å². The molecule has 0 fully saturated rings. The Morgan fingerprint density at radius 2 is 2.00 bits per heavy atom. The van der Waals surface area contributed by atoms with Crippen molar-refractivity contribution in [1.82, 2.24) is 20.4 Å². The summed E-state index contributed by atoms with van der Waals surface area (Å²) in [5.74, 6) is 0.713. The minimum atomic E-state index is 0. The Labute approximate surface area is 154 Å². The third kappa shape index (κ3) is 6.57. The van der Waals surface area contributed by atoms with Gasteiger partial charge in [-0.15, -0.1) is 24.0 Å². The van der Waals surface area contributed by atoms with Crippen LogP contribution in [0.4, 0.5) is 0 Å². The third-order valence-corrected chi connectivity index (χ3v) is 3.17. The maximum Gasteiger partial charge on any atom is 0.191 e. The summed E-state index contributed by atoms with van der Waals surface area (Å²) >= 11 is 0. The fourth-order valence-electron chi connectivity index (χ4n) is 2.11. The number of hydrogen-bond donors (Lipinski definition) is 3. The monoisotopic (exact) mass is 429 g/mol. The zero-order valence-electron chi connectivity index (χ0n) is 13.3. The molecule has 0 spiro atoms. The summed E-state index contributed by atoms with van der Waals surface area (Å²) in [5, 5.41) is 19.4. The lowest BCUT2D eigenvalue weighted by atomic mass is 10.1. The van der Waals surface area contributed by atoms with E-state index < -0.39 is 0 Å². The van der Waals surface area contributed by atoms with Gasteiger partial charge in [-0.25, -0.2) is 4.99 Å². The van der Waals surface area contributed by atoms with Crippen molar-refractivity contribution in [2.75, 3.05) is 19.7 Å². The van der Waals surface area contributed by atoms with E-state index in [4.69, 9.17) is 5.11 Å². The van der Waals surface area contributed by atoms with E-state index in [2.05, 4.69) is 32.9 Å². The normalized spacial score (nSPS) is 11.0. The van der Waals surface area contributed by atoms with E-state index in [0.29, 0.717) is 19.0 Å². The van der Waals surface area contributed by atoms with E-state index in [9.17, 15) is 0 Å². The van der Waals surface area contributed by atoms with Gasteiger partial charge in [0.05, 0.1) is 19.7 Å². The van der Waals surface area contributed by atoms with Crippen LogP contribution >= 0.6 is 24.0 Å². The molecule has 0 radical (unpaired) electrons. The SMILES string of the molecule is CCNC(=NCc1ccccc1Cn1cccn1)NCCO.I. The van der Waals surface area contributed by atoms with Gasteiger partial charge in [0.1, 0.15) is 0 Å². The molecule has 126 valence electrons. The van der Waals surface area contributed by atoms with Gasteiger partial charge in [0.2, 0.25) is 0 Å². The van der Waals surface area contributed by atoms with Gasteiger partial charge in [-0.05, 0) is 24.1 Å². The molecule has 0 aliphatic rings. The molecule has 0 amide bonds. The lowest BCUT2D eigenvalue weighted by Crippen LogP contribution is -2.38. The first kappa shape index (κ1) is 19.4. The number of nitrogens with zero attached hydrogens (tertiary/aromatic N) is 3. The molecule has 6 nitrogen and oxygen atoms in total. The van der Waals surface area contributed by atoms with Gasteiger partial charge in [0, 0.05) is 25.5 Å². The van der Waals surface area contributed by atoms with Gasteiger partial charge in [0.15, 0.2) is 5.96 Å².